The second kappa shape index (κ2) is 8.86. The van der Waals surface area contributed by atoms with E-state index in [4.69, 9.17) is 4.74 Å². The van der Waals surface area contributed by atoms with Crippen LogP contribution >= 0.6 is 27.3 Å². The molecule has 0 spiro atoms. The van der Waals surface area contributed by atoms with Crippen molar-refractivity contribution in [2.45, 2.75) is 36.4 Å². The van der Waals surface area contributed by atoms with E-state index in [9.17, 15) is 13.2 Å². The van der Waals surface area contributed by atoms with E-state index in [1.807, 2.05) is 6.07 Å². The van der Waals surface area contributed by atoms with E-state index >= 15 is 0 Å². The minimum absolute atomic E-state index is 0.293. The number of esters is 1. The lowest BCUT2D eigenvalue weighted by atomic mass is 10.1. The predicted octanol–water partition coefficient (Wildman–Crippen LogP) is 4.66. The molecule has 2 aromatic rings. The van der Waals surface area contributed by atoms with Gasteiger partial charge in [0, 0.05) is 28.9 Å². The maximum absolute atomic E-state index is 12.8. The van der Waals surface area contributed by atoms with Crippen LogP contribution in [-0.2, 0) is 20.1 Å². The molecule has 1 aromatic carbocycles. The average molecular weight is 472 g/mol. The highest BCUT2D eigenvalue weighted by Gasteiger charge is 2.26. The first-order valence-electron chi connectivity index (χ1n) is 8.93. The molecule has 0 N–H and O–H groups in total. The number of piperidine rings is 1. The zero-order valence-corrected chi connectivity index (χ0v) is 18.3. The van der Waals surface area contributed by atoms with Gasteiger partial charge < -0.3 is 4.74 Å². The average Bonchev–Trinajstić information content (AvgIpc) is 3.14. The van der Waals surface area contributed by atoms with Crippen molar-refractivity contribution in [1.29, 1.82) is 0 Å². The number of thiophene rings is 1. The molecule has 1 fully saturated rings. The molecule has 0 unspecified atom stereocenters. The van der Waals surface area contributed by atoms with Crippen LogP contribution in [0.2, 0.25) is 0 Å². The van der Waals surface area contributed by atoms with E-state index in [1.54, 1.807) is 35.5 Å². The number of ether oxygens (including phenoxy) is 1. The fourth-order valence-corrected chi connectivity index (χ4v) is 6.08. The van der Waals surface area contributed by atoms with Gasteiger partial charge in [0.25, 0.3) is 0 Å². The third-order valence-electron chi connectivity index (χ3n) is 4.49. The minimum Gasteiger partial charge on any atom is -0.462 e. The Morgan fingerprint density at radius 3 is 2.44 bits per heavy atom. The lowest BCUT2D eigenvalue weighted by Crippen LogP contribution is -2.35. The smallest absolute Gasteiger partial charge is 0.348 e. The standard InChI is InChI=1S/C19H22BrNO4S2/c1-2-25-19(22)18-17(12-15(13-20)26-18)14-6-8-16(9-7-14)27(23,24)21-10-4-3-5-11-21/h6-9,12H,2-5,10-11,13H2,1H3. The van der Waals surface area contributed by atoms with E-state index < -0.39 is 10.0 Å². The van der Waals surface area contributed by atoms with Gasteiger partial charge in [-0.25, -0.2) is 13.2 Å². The Hall–Kier alpha value is -1.22. The second-order valence-corrected chi connectivity index (χ2v) is 9.93. The molecule has 0 amide bonds. The maximum atomic E-state index is 12.8. The van der Waals surface area contributed by atoms with E-state index in [0.29, 0.717) is 34.8 Å². The zero-order chi connectivity index (χ0) is 19.4. The summed E-state index contributed by atoms with van der Waals surface area (Å²) in [5, 5.41) is 0.644. The van der Waals surface area contributed by atoms with Gasteiger partial charge in [-0.15, -0.1) is 11.3 Å². The Morgan fingerprint density at radius 1 is 1.19 bits per heavy atom. The van der Waals surface area contributed by atoms with Gasteiger partial charge in [0.2, 0.25) is 10.0 Å². The summed E-state index contributed by atoms with van der Waals surface area (Å²) < 4.78 is 32.3. The van der Waals surface area contributed by atoms with Gasteiger partial charge in [-0.2, -0.15) is 4.31 Å². The van der Waals surface area contributed by atoms with Crippen LogP contribution < -0.4 is 0 Å². The molecule has 1 aliphatic rings. The quantitative estimate of drug-likeness (QED) is 0.453. The number of alkyl halides is 1. The van der Waals surface area contributed by atoms with Crippen LogP contribution in [0.1, 0.15) is 40.7 Å². The van der Waals surface area contributed by atoms with Crippen LogP contribution in [0, 0.1) is 0 Å². The summed E-state index contributed by atoms with van der Waals surface area (Å²) in [5.74, 6) is -0.352. The monoisotopic (exact) mass is 471 g/mol. The number of carbonyl (C=O) groups excluding carboxylic acids is 1. The maximum Gasteiger partial charge on any atom is 0.348 e. The van der Waals surface area contributed by atoms with Crippen molar-refractivity contribution in [3.63, 3.8) is 0 Å². The van der Waals surface area contributed by atoms with Crippen molar-refractivity contribution in [2.24, 2.45) is 0 Å². The van der Waals surface area contributed by atoms with Crippen molar-refractivity contribution < 1.29 is 17.9 Å². The minimum atomic E-state index is -3.46. The first-order chi connectivity index (χ1) is 13.0. The van der Waals surface area contributed by atoms with Gasteiger partial charge in [-0.3, -0.25) is 0 Å². The molecule has 0 radical (unpaired) electrons. The Bertz CT molecular complexity index is 900. The number of carbonyl (C=O) groups is 1. The molecule has 0 aliphatic carbocycles. The Kier molecular flexibility index (Phi) is 6.73. The highest BCUT2D eigenvalue weighted by atomic mass is 79.9. The van der Waals surface area contributed by atoms with Crippen LogP contribution in [0.15, 0.2) is 35.2 Å². The number of sulfonamides is 1. The molecule has 2 heterocycles. The third-order valence-corrected chi connectivity index (χ3v) is 8.50. The number of benzene rings is 1. The van der Waals surface area contributed by atoms with Crippen molar-refractivity contribution in [2.75, 3.05) is 19.7 Å². The number of halogens is 1. The van der Waals surface area contributed by atoms with Gasteiger partial charge in [0.05, 0.1) is 11.5 Å². The van der Waals surface area contributed by atoms with Gasteiger partial charge in [-0.1, -0.05) is 34.5 Å². The number of rotatable bonds is 6. The van der Waals surface area contributed by atoms with Gasteiger partial charge >= 0.3 is 5.97 Å². The second-order valence-electron chi connectivity index (χ2n) is 6.30. The molecule has 8 heteroatoms. The zero-order valence-electron chi connectivity index (χ0n) is 15.1. The molecule has 5 nitrogen and oxygen atoms in total. The SMILES string of the molecule is CCOC(=O)c1sc(CBr)cc1-c1ccc(S(=O)(=O)N2CCCCC2)cc1. The van der Waals surface area contributed by atoms with E-state index in [0.717, 1.165) is 35.3 Å². The topological polar surface area (TPSA) is 63.7 Å². The Labute approximate surface area is 172 Å². The Balaban J connectivity index is 1.91. The highest BCUT2D eigenvalue weighted by molar-refractivity contribution is 9.08. The lowest BCUT2D eigenvalue weighted by Gasteiger charge is -2.25. The molecular formula is C19H22BrNO4S2. The molecule has 1 saturated heterocycles. The first kappa shape index (κ1) is 20.5. The molecular weight excluding hydrogens is 450 g/mol. The molecule has 0 bridgehead atoms. The summed E-state index contributed by atoms with van der Waals surface area (Å²) in [6.07, 6.45) is 2.89. The highest BCUT2D eigenvalue weighted by Crippen LogP contribution is 2.34. The van der Waals surface area contributed by atoms with Gasteiger partial charge in [0.1, 0.15) is 4.88 Å². The van der Waals surface area contributed by atoms with E-state index in [-0.39, 0.29) is 5.97 Å². The van der Waals surface area contributed by atoms with Crippen molar-refractivity contribution in [1.82, 2.24) is 4.31 Å². The number of hydrogen-bond acceptors (Lipinski definition) is 5. The normalized spacial score (nSPS) is 15.6. The van der Waals surface area contributed by atoms with Crippen LogP contribution in [0.25, 0.3) is 11.1 Å². The lowest BCUT2D eigenvalue weighted by molar-refractivity contribution is 0.0533. The molecule has 3 rings (SSSR count). The van der Waals surface area contributed by atoms with Crippen molar-refractivity contribution in [3.8, 4) is 11.1 Å². The van der Waals surface area contributed by atoms with Crippen molar-refractivity contribution in [3.05, 3.63) is 40.1 Å². The van der Waals surface area contributed by atoms with Crippen LogP contribution in [0.3, 0.4) is 0 Å². The molecule has 1 aliphatic heterocycles. The number of hydrogen-bond donors (Lipinski definition) is 0. The summed E-state index contributed by atoms with van der Waals surface area (Å²) >= 11 is 4.81. The van der Waals surface area contributed by atoms with Crippen molar-refractivity contribution >= 4 is 43.3 Å². The van der Waals surface area contributed by atoms with Crippen LogP contribution in [-0.4, -0.2) is 38.4 Å². The Morgan fingerprint density at radius 2 is 1.85 bits per heavy atom. The largest absolute Gasteiger partial charge is 0.462 e. The van der Waals surface area contributed by atoms with E-state index in [1.165, 1.54) is 11.3 Å². The fourth-order valence-electron chi connectivity index (χ4n) is 3.13. The molecule has 1 aromatic heterocycles. The summed E-state index contributed by atoms with van der Waals surface area (Å²) in [6, 6.07) is 8.72. The molecule has 27 heavy (non-hydrogen) atoms. The predicted molar refractivity (Wildman–Crippen MR) is 111 cm³/mol. The summed E-state index contributed by atoms with van der Waals surface area (Å²) in [4.78, 5) is 14.1. The number of nitrogens with zero attached hydrogens (tertiary/aromatic N) is 1. The third kappa shape index (κ3) is 4.45. The van der Waals surface area contributed by atoms with E-state index in [2.05, 4.69) is 15.9 Å². The van der Waals surface area contributed by atoms with Crippen LogP contribution in [0.4, 0.5) is 0 Å². The summed E-state index contributed by atoms with van der Waals surface area (Å²) in [6.45, 7) is 3.25. The summed E-state index contributed by atoms with van der Waals surface area (Å²) in [5.41, 5.74) is 1.58. The fraction of sp³-hybridized carbons (Fsp3) is 0.421. The first-order valence-corrected chi connectivity index (χ1v) is 12.3. The van der Waals surface area contributed by atoms with Gasteiger partial charge in [-0.05, 0) is 43.5 Å². The molecule has 0 saturated carbocycles. The molecule has 146 valence electrons. The van der Waals surface area contributed by atoms with Gasteiger partial charge in [0.15, 0.2) is 0 Å². The van der Waals surface area contributed by atoms with Crippen LogP contribution in [0.5, 0.6) is 0 Å². The summed E-state index contributed by atoms with van der Waals surface area (Å²) in [7, 11) is -3.46. The molecule has 0 atom stereocenters.